The fourth-order valence-electron chi connectivity index (χ4n) is 7.09. The van der Waals surface area contributed by atoms with Crippen molar-refractivity contribution in [3.05, 3.63) is 79.0 Å². The highest BCUT2D eigenvalue weighted by Crippen LogP contribution is 2.45. The van der Waals surface area contributed by atoms with E-state index in [2.05, 4.69) is 32.2 Å². The number of aromatic nitrogens is 1. The number of ether oxygens (including phenoxy) is 2. The van der Waals surface area contributed by atoms with Crippen molar-refractivity contribution in [1.29, 1.82) is 0 Å². The number of rotatable bonds is 13. The quantitative estimate of drug-likeness (QED) is 0.187. The van der Waals surface area contributed by atoms with Crippen molar-refractivity contribution < 1.29 is 37.1 Å². The first-order valence-corrected chi connectivity index (χ1v) is 20.0. The molecule has 2 heterocycles. The maximum absolute atomic E-state index is 14.7. The fraction of sp³-hybridized carbons (Fsp3) is 0.475. The van der Waals surface area contributed by atoms with Gasteiger partial charge in [-0.1, -0.05) is 57.2 Å². The van der Waals surface area contributed by atoms with Gasteiger partial charge in [0.15, 0.2) is 0 Å². The molecule has 55 heavy (non-hydrogen) atoms. The van der Waals surface area contributed by atoms with Crippen LogP contribution < -0.4 is 30.1 Å². The molecule has 3 fully saturated rings. The topological polar surface area (TPSA) is 185 Å². The SMILES string of the molecule is C=C[C@@H]1C[C@]1(NC(=O)[C@@H]1CC(Oc2nccc3cc(OC)ccc23)CN1C(=O)[C@@H](NC(=O)NC(C)(C)c1ccccc1)C(C)(C)C)C(=O)NS(=O)(=O)C1CC1. The van der Waals surface area contributed by atoms with Gasteiger partial charge in [-0.2, -0.15) is 0 Å². The van der Waals surface area contributed by atoms with Crippen molar-refractivity contribution in [2.24, 2.45) is 11.3 Å². The van der Waals surface area contributed by atoms with Crippen molar-refractivity contribution in [2.75, 3.05) is 13.7 Å². The number of amides is 5. The summed E-state index contributed by atoms with van der Waals surface area (Å²) < 4.78 is 39.4. The van der Waals surface area contributed by atoms with Crippen LogP contribution in [0.1, 0.15) is 65.9 Å². The van der Waals surface area contributed by atoms with Gasteiger partial charge in [-0.15, -0.1) is 6.58 Å². The fourth-order valence-corrected chi connectivity index (χ4v) is 8.46. The molecule has 5 amide bonds. The van der Waals surface area contributed by atoms with Crippen LogP contribution in [0.3, 0.4) is 0 Å². The van der Waals surface area contributed by atoms with Gasteiger partial charge in [-0.3, -0.25) is 19.1 Å². The van der Waals surface area contributed by atoms with E-state index < -0.39 is 79.6 Å². The lowest BCUT2D eigenvalue weighted by Crippen LogP contribution is -2.61. The zero-order valence-electron chi connectivity index (χ0n) is 32.0. The summed E-state index contributed by atoms with van der Waals surface area (Å²) in [7, 11) is -2.34. The Morgan fingerprint density at radius 2 is 1.75 bits per heavy atom. The van der Waals surface area contributed by atoms with Crippen LogP contribution in [0.2, 0.25) is 0 Å². The van der Waals surface area contributed by atoms with E-state index in [1.165, 1.54) is 11.0 Å². The lowest BCUT2D eigenvalue weighted by atomic mass is 9.85. The number of benzene rings is 2. The summed E-state index contributed by atoms with van der Waals surface area (Å²) in [4.78, 5) is 62.0. The molecule has 5 atom stereocenters. The number of methoxy groups -OCH3 is 1. The molecule has 1 aromatic heterocycles. The van der Waals surface area contributed by atoms with Gasteiger partial charge in [0.1, 0.15) is 29.5 Å². The van der Waals surface area contributed by atoms with Crippen molar-refractivity contribution in [3.8, 4) is 11.6 Å². The van der Waals surface area contributed by atoms with Crippen LogP contribution in [-0.4, -0.2) is 84.7 Å². The molecule has 1 saturated heterocycles. The molecule has 2 aliphatic carbocycles. The van der Waals surface area contributed by atoms with Crippen LogP contribution in [-0.2, 0) is 29.9 Å². The third kappa shape index (κ3) is 8.41. The zero-order valence-corrected chi connectivity index (χ0v) is 32.9. The maximum atomic E-state index is 14.7. The number of sulfonamides is 1. The Balaban J connectivity index is 1.28. The van der Waals surface area contributed by atoms with Crippen molar-refractivity contribution in [2.45, 2.75) is 94.8 Å². The Hall–Kier alpha value is -5.18. The van der Waals surface area contributed by atoms with Gasteiger partial charge in [0.2, 0.25) is 27.7 Å². The van der Waals surface area contributed by atoms with E-state index in [0.29, 0.717) is 29.9 Å². The van der Waals surface area contributed by atoms with Gasteiger partial charge in [-0.25, -0.2) is 18.2 Å². The highest BCUT2D eigenvalue weighted by atomic mass is 32.2. The number of pyridine rings is 1. The summed E-state index contributed by atoms with van der Waals surface area (Å²) in [6.45, 7) is 12.9. The monoisotopic (exact) mass is 774 g/mol. The number of hydrogen-bond donors (Lipinski definition) is 4. The maximum Gasteiger partial charge on any atom is 0.316 e. The van der Waals surface area contributed by atoms with Gasteiger partial charge in [0.25, 0.3) is 5.91 Å². The molecule has 14 nitrogen and oxygen atoms in total. The molecule has 1 aliphatic heterocycles. The molecule has 0 radical (unpaired) electrons. The van der Waals surface area contributed by atoms with Crippen LogP contribution in [0, 0.1) is 11.3 Å². The lowest BCUT2D eigenvalue weighted by molar-refractivity contribution is -0.142. The number of nitrogens with one attached hydrogen (secondary N) is 4. The van der Waals surface area contributed by atoms with E-state index in [9.17, 15) is 27.6 Å². The van der Waals surface area contributed by atoms with Crippen molar-refractivity contribution in [3.63, 3.8) is 0 Å². The molecular weight excluding hydrogens is 725 g/mol. The molecule has 2 saturated carbocycles. The molecule has 6 rings (SSSR count). The second-order valence-electron chi connectivity index (χ2n) is 16.3. The summed E-state index contributed by atoms with van der Waals surface area (Å²) >= 11 is 0. The van der Waals surface area contributed by atoms with Crippen molar-refractivity contribution >= 4 is 44.5 Å². The third-order valence-electron chi connectivity index (χ3n) is 10.6. The molecule has 1 unspecified atom stereocenters. The molecular formula is C40H50N6O8S. The third-order valence-corrected chi connectivity index (χ3v) is 12.4. The Kier molecular flexibility index (Phi) is 10.6. The number of carbonyl (C=O) groups excluding carboxylic acids is 4. The number of likely N-dealkylation sites (tertiary alicyclic amines) is 1. The molecule has 3 aromatic rings. The zero-order chi connectivity index (χ0) is 39.9. The first-order valence-electron chi connectivity index (χ1n) is 18.4. The molecule has 0 bridgehead atoms. The number of fused-ring (bicyclic) bond motifs is 1. The van der Waals surface area contributed by atoms with E-state index in [-0.39, 0.29) is 19.4 Å². The van der Waals surface area contributed by atoms with Gasteiger partial charge >= 0.3 is 6.03 Å². The van der Waals surface area contributed by atoms with Gasteiger partial charge in [-0.05, 0) is 73.7 Å². The number of urea groups is 1. The normalized spacial score (nSPS) is 22.9. The Morgan fingerprint density at radius 1 is 1.04 bits per heavy atom. The number of nitrogens with zero attached hydrogens (tertiary/aromatic N) is 2. The second-order valence-corrected chi connectivity index (χ2v) is 18.2. The average molecular weight is 775 g/mol. The van der Waals surface area contributed by atoms with E-state index >= 15 is 0 Å². The molecule has 0 spiro atoms. The van der Waals surface area contributed by atoms with Crippen LogP contribution >= 0.6 is 0 Å². The Labute approximate surface area is 321 Å². The summed E-state index contributed by atoms with van der Waals surface area (Å²) in [6.07, 6.45) is 3.45. The summed E-state index contributed by atoms with van der Waals surface area (Å²) in [6, 6.07) is 13.8. The second kappa shape index (κ2) is 14.8. The van der Waals surface area contributed by atoms with E-state index in [1.807, 2.05) is 83.1 Å². The average Bonchev–Trinajstić information content (AvgIpc) is 4.06. The molecule has 294 valence electrons. The highest BCUT2D eigenvalue weighted by molar-refractivity contribution is 7.91. The van der Waals surface area contributed by atoms with Gasteiger partial charge in [0.05, 0.1) is 24.4 Å². The minimum absolute atomic E-state index is 0.0206. The summed E-state index contributed by atoms with van der Waals surface area (Å²) in [5.41, 5.74) is -2.30. The van der Waals surface area contributed by atoms with E-state index in [0.717, 1.165) is 10.9 Å². The van der Waals surface area contributed by atoms with Gasteiger partial charge < -0.3 is 30.3 Å². The molecule has 2 aromatic carbocycles. The van der Waals surface area contributed by atoms with E-state index in [4.69, 9.17) is 9.47 Å². The molecule has 15 heteroatoms. The standard InChI is InChI=1S/C40H50N6O8S/c1-8-25-22-40(25,36(49)45-55(51,52)29-15-16-29)43-33(47)31-21-28(54-34-30-17-14-27(53-7)20-24(30)18-19-41-34)23-46(31)35(48)32(38(2,3)4)42-37(50)44-39(5,6)26-12-10-9-11-13-26/h8-14,17-20,25,28-29,31-32H,1,15-16,21-23H2,2-7H3,(H,43,47)(H,45,49)(H2,42,44,50)/t25-,28?,31+,32-,40-/m1/s1. The summed E-state index contributed by atoms with van der Waals surface area (Å²) in [5.74, 6) is -1.63. The highest BCUT2D eigenvalue weighted by Gasteiger charge is 2.62. The Bertz CT molecular complexity index is 2100. The van der Waals surface area contributed by atoms with Crippen LogP contribution in [0.4, 0.5) is 4.79 Å². The summed E-state index contributed by atoms with van der Waals surface area (Å²) in [5, 5.41) is 9.51. The minimum atomic E-state index is -3.91. The largest absolute Gasteiger partial charge is 0.497 e. The predicted octanol–water partition coefficient (Wildman–Crippen LogP) is 3.91. The first kappa shape index (κ1) is 39.5. The lowest BCUT2D eigenvalue weighted by Gasteiger charge is -2.36. The van der Waals surface area contributed by atoms with Crippen LogP contribution in [0.25, 0.3) is 10.8 Å². The van der Waals surface area contributed by atoms with Gasteiger partial charge in [0, 0.05) is 23.9 Å². The van der Waals surface area contributed by atoms with E-state index in [1.54, 1.807) is 19.4 Å². The van der Waals surface area contributed by atoms with Crippen LogP contribution in [0.5, 0.6) is 11.6 Å². The van der Waals surface area contributed by atoms with Crippen LogP contribution in [0.15, 0.2) is 73.4 Å². The first-order chi connectivity index (χ1) is 25.9. The predicted molar refractivity (Wildman–Crippen MR) is 206 cm³/mol. The number of carbonyl (C=O) groups is 4. The van der Waals surface area contributed by atoms with Crippen molar-refractivity contribution in [1.82, 2.24) is 30.6 Å². The minimum Gasteiger partial charge on any atom is -0.497 e. The smallest absolute Gasteiger partial charge is 0.316 e. The molecule has 3 aliphatic rings. The Morgan fingerprint density at radius 3 is 2.36 bits per heavy atom. The number of hydrogen-bond acceptors (Lipinski definition) is 9. The molecule has 4 N–H and O–H groups in total.